The van der Waals surface area contributed by atoms with Crippen molar-refractivity contribution in [3.63, 3.8) is 0 Å². The summed E-state index contributed by atoms with van der Waals surface area (Å²) in [7, 11) is -1.98. The summed E-state index contributed by atoms with van der Waals surface area (Å²) < 4.78 is 12.5. The van der Waals surface area contributed by atoms with Crippen LogP contribution in [-0.4, -0.2) is 42.8 Å². The lowest BCUT2D eigenvalue weighted by molar-refractivity contribution is -0.173. The maximum absolute atomic E-state index is 12.7. The van der Waals surface area contributed by atoms with E-state index in [0.29, 0.717) is 12.0 Å². The zero-order valence-electron chi connectivity index (χ0n) is 17.8. The average Bonchev–Trinajstić information content (AvgIpc) is 2.53. The summed E-state index contributed by atoms with van der Waals surface area (Å²) in [5.41, 5.74) is 0.686. The van der Waals surface area contributed by atoms with Crippen molar-refractivity contribution in [2.75, 3.05) is 0 Å². The summed E-state index contributed by atoms with van der Waals surface area (Å²) in [4.78, 5) is 16.7. The number of aromatic hydroxyl groups is 1. The quantitative estimate of drug-likeness (QED) is 0.755. The van der Waals surface area contributed by atoms with Crippen LogP contribution in [0.3, 0.4) is 0 Å². The first-order valence-electron chi connectivity index (χ1n) is 9.62. The number of amides is 1. The summed E-state index contributed by atoms with van der Waals surface area (Å²) in [6, 6.07) is 1.56. The molecular formula is C20H34N2O4Si. The van der Waals surface area contributed by atoms with Crippen LogP contribution in [0.15, 0.2) is 12.3 Å². The molecular weight excluding hydrogens is 360 g/mol. The molecule has 0 saturated carbocycles. The Morgan fingerprint density at radius 2 is 2.00 bits per heavy atom. The van der Waals surface area contributed by atoms with Crippen molar-refractivity contribution in [3.05, 3.63) is 23.5 Å². The summed E-state index contributed by atoms with van der Waals surface area (Å²) in [5.74, 6) is -0.315. The SMILES string of the molecule is Cc1ccnc(C(=O)N[C@@H]2C[C@@H](O[Si](C)(C)C(C)(C)C)O[C@@H](C)[C@@H]2C)c1O. The topological polar surface area (TPSA) is 80.7 Å². The van der Waals surface area contributed by atoms with Gasteiger partial charge < -0.3 is 19.6 Å². The fraction of sp³-hybridized carbons (Fsp3) is 0.700. The van der Waals surface area contributed by atoms with Crippen molar-refractivity contribution >= 4 is 14.2 Å². The molecule has 2 N–H and O–H groups in total. The Bertz CT molecular complexity index is 687. The molecule has 1 aliphatic heterocycles. The molecule has 1 aromatic heterocycles. The van der Waals surface area contributed by atoms with Crippen LogP contribution in [0.2, 0.25) is 18.1 Å². The van der Waals surface area contributed by atoms with Gasteiger partial charge in [0.15, 0.2) is 14.0 Å². The van der Waals surface area contributed by atoms with Crippen molar-refractivity contribution in [2.45, 2.75) is 84.5 Å². The number of aromatic nitrogens is 1. The molecule has 1 aliphatic rings. The van der Waals surface area contributed by atoms with E-state index < -0.39 is 8.32 Å². The molecule has 1 saturated heterocycles. The summed E-state index contributed by atoms with van der Waals surface area (Å²) in [6.45, 7) is 16.8. The van der Waals surface area contributed by atoms with Crippen LogP contribution < -0.4 is 5.32 Å². The first kappa shape index (κ1) is 21.9. The summed E-state index contributed by atoms with van der Waals surface area (Å²) >= 11 is 0. The van der Waals surface area contributed by atoms with E-state index in [1.54, 1.807) is 13.0 Å². The molecule has 4 atom stereocenters. The van der Waals surface area contributed by atoms with Gasteiger partial charge in [-0.05, 0) is 43.6 Å². The Morgan fingerprint density at radius 3 is 2.59 bits per heavy atom. The highest BCUT2D eigenvalue weighted by atomic mass is 28.4. The van der Waals surface area contributed by atoms with Crippen LogP contribution in [0, 0.1) is 12.8 Å². The number of rotatable bonds is 4. The van der Waals surface area contributed by atoms with Gasteiger partial charge in [-0.3, -0.25) is 4.79 Å². The number of ether oxygens (including phenoxy) is 1. The summed E-state index contributed by atoms with van der Waals surface area (Å²) in [5, 5.41) is 13.3. The van der Waals surface area contributed by atoms with E-state index in [1.165, 1.54) is 6.20 Å². The number of carbonyl (C=O) groups excluding carboxylic acids is 1. The predicted octanol–water partition coefficient (Wildman–Crippen LogP) is 3.99. The highest BCUT2D eigenvalue weighted by Crippen LogP contribution is 2.39. The van der Waals surface area contributed by atoms with Crippen LogP contribution in [0.1, 0.15) is 57.1 Å². The average molecular weight is 395 g/mol. The Balaban J connectivity index is 2.13. The van der Waals surface area contributed by atoms with E-state index in [4.69, 9.17) is 9.16 Å². The van der Waals surface area contributed by atoms with Crippen LogP contribution in [0.4, 0.5) is 0 Å². The number of pyridine rings is 1. The molecule has 152 valence electrons. The lowest BCUT2D eigenvalue weighted by atomic mass is 9.91. The largest absolute Gasteiger partial charge is 0.505 e. The van der Waals surface area contributed by atoms with Crippen LogP contribution in [-0.2, 0) is 9.16 Å². The molecule has 0 unspecified atom stereocenters. The monoisotopic (exact) mass is 394 g/mol. The van der Waals surface area contributed by atoms with Gasteiger partial charge in [0.1, 0.15) is 12.0 Å². The minimum atomic E-state index is -1.98. The maximum atomic E-state index is 12.7. The Morgan fingerprint density at radius 1 is 1.37 bits per heavy atom. The van der Waals surface area contributed by atoms with E-state index in [1.807, 2.05) is 6.92 Å². The molecule has 1 amide bonds. The number of nitrogens with zero attached hydrogens (tertiary/aromatic N) is 1. The van der Waals surface area contributed by atoms with Gasteiger partial charge in [0.25, 0.3) is 5.91 Å². The van der Waals surface area contributed by atoms with Crippen molar-refractivity contribution in [1.29, 1.82) is 0 Å². The van der Waals surface area contributed by atoms with Gasteiger partial charge in [0.2, 0.25) is 0 Å². The van der Waals surface area contributed by atoms with Crippen molar-refractivity contribution in [1.82, 2.24) is 10.3 Å². The molecule has 6 nitrogen and oxygen atoms in total. The Kier molecular flexibility index (Phi) is 6.39. The lowest BCUT2D eigenvalue weighted by Gasteiger charge is -2.44. The Labute approximate surface area is 163 Å². The third-order valence-corrected chi connectivity index (χ3v) is 10.5. The van der Waals surface area contributed by atoms with Crippen LogP contribution >= 0.6 is 0 Å². The van der Waals surface area contributed by atoms with E-state index in [9.17, 15) is 9.90 Å². The predicted molar refractivity (Wildman–Crippen MR) is 108 cm³/mol. The molecule has 27 heavy (non-hydrogen) atoms. The summed E-state index contributed by atoms with van der Waals surface area (Å²) in [6.07, 6.45) is 1.72. The molecule has 7 heteroatoms. The molecule has 0 aromatic carbocycles. The van der Waals surface area contributed by atoms with Crippen molar-refractivity contribution < 1.29 is 19.1 Å². The third-order valence-electron chi connectivity index (χ3n) is 6.08. The lowest BCUT2D eigenvalue weighted by Crippen LogP contribution is -2.54. The molecule has 2 rings (SSSR count). The number of carbonyl (C=O) groups is 1. The molecule has 0 spiro atoms. The molecule has 2 heterocycles. The molecule has 0 radical (unpaired) electrons. The van der Waals surface area contributed by atoms with Gasteiger partial charge in [-0.15, -0.1) is 0 Å². The molecule has 1 aromatic rings. The van der Waals surface area contributed by atoms with E-state index >= 15 is 0 Å². The fourth-order valence-corrected chi connectivity index (χ4v) is 4.06. The zero-order valence-corrected chi connectivity index (χ0v) is 18.8. The van der Waals surface area contributed by atoms with Gasteiger partial charge in [-0.1, -0.05) is 27.7 Å². The first-order chi connectivity index (χ1) is 12.3. The standard InChI is InChI=1S/C20H34N2O4Si/c1-12-9-10-21-17(18(12)23)19(24)22-15-11-16(25-14(3)13(15)2)26-27(7,8)20(4,5)6/h9-10,13-16,23H,11H2,1-8H3,(H,22,24)/t13-,14-,15+,16+/m0/s1. The van der Waals surface area contributed by atoms with Crippen LogP contribution in [0.5, 0.6) is 5.75 Å². The minimum Gasteiger partial charge on any atom is -0.505 e. The van der Waals surface area contributed by atoms with E-state index in [-0.39, 0.29) is 46.7 Å². The van der Waals surface area contributed by atoms with Gasteiger partial charge in [0, 0.05) is 24.6 Å². The minimum absolute atomic E-state index is 0.0436. The number of hydrogen-bond donors (Lipinski definition) is 2. The Hall–Kier alpha value is -1.44. The molecule has 0 aliphatic carbocycles. The highest BCUT2D eigenvalue weighted by molar-refractivity contribution is 6.74. The third kappa shape index (κ3) is 4.89. The van der Waals surface area contributed by atoms with Gasteiger partial charge in [-0.25, -0.2) is 4.98 Å². The smallest absolute Gasteiger partial charge is 0.273 e. The normalized spacial score (nSPS) is 26.7. The molecule has 1 fully saturated rings. The van der Waals surface area contributed by atoms with Crippen molar-refractivity contribution in [2.24, 2.45) is 5.92 Å². The van der Waals surface area contributed by atoms with Crippen molar-refractivity contribution in [3.8, 4) is 5.75 Å². The first-order valence-corrected chi connectivity index (χ1v) is 12.5. The second-order valence-corrected chi connectivity index (χ2v) is 13.9. The molecule has 0 bridgehead atoms. The number of aryl methyl sites for hydroxylation is 1. The van der Waals surface area contributed by atoms with Gasteiger partial charge >= 0.3 is 0 Å². The zero-order chi connectivity index (χ0) is 20.6. The fourth-order valence-electron chi connectivity index (χ4n) is 2.89. The van der Waals surface area contributed by atoms with Gasteiger partial charge in [0.05, 0.1) is 6.10 Å². The highest BCUT2D eigenvalue weighted by Gasteiger charge is 2.43. The maximum Gasteiger partial charge on any atom is 0.273 e. The second kappa shape index (κ2) is 7.89. The number of hydrogen-bond acceptors (Lipinski definition) is 5. The second-order valence-electron chi connectivity index (χ2n) is 9.15. The van der Waals surface area contributed by atoms with Gasteiger partial charge in [-0.2, -0.15) is 0 Å². The van der Waals surface area contributed by atoms with E-state index in [2.05, 4.69) is 51.1 Å². The number of nitrogens with one attached hydrogen (secondary N) is 1. The van der Waals surface area contributed by atoms with E-state index in [0.717, 1.165) is 0 Å². The van der Waals surface area contributed by atoms with Crippen LogP contribution in [0.25, 0.3) is 0 Å².